The Hall–Kier alpha value is -4.52. The predicted molar refractivity (Wildman–Crippen MR) is 155 cm³/mol. The number of methoxy groups -OCH3 is 1. The molecule has 2 aromatic carbocycles. The van der Waals surface area contributed by atoms with Crippen molar-refractivity contribution in [3.05, 3.63) is 83.9 Å². The Labute approximate surface area is 242 Å². The molecular formula is C30H32FN7O4. The fraction of sp³-hybridized carbons (Fsp3) is 0.300. The molecular weight excluding hydrogens is 541 g/mol. The van der Waals surface area contributed by atoms with Gasteiger partial charge in [0.05, 0.1) is 29.7 Å². The first-order valence-electron chi connectivity index (χ1n) is 13.8. The maximum Gasteiger partial charge on any atom is 0.320 e. The van der Waals surface area contributed by atoms with Gasteiger partial charge in [0.1, 0.15) is 24.3 Å². The fourth-order valence-electron chi connectivity index (χ4n) is 5.21. The second-order valence-electron chi connectivity index (χ2n) is 10.1. The lowest BCUT2D eigenvalue weighted by Crippen LogP contribution is -2.42. The first kappa shape index (κ1) is 27.6. The van der Waals surface area contributed by atoms with E-state index in [-0.39, 0.29) is 0 Å². The van der Waals surface area contributed by atoms with Crippen molar-refractivity contribution >= 4 is 17.5 Å². The van der Waals surface area contributed by atoms with E-state index in [0.29, 0.717) is 37.7 Å². The molecule has 1 saturated heterocycles. The highest BCUT2D eigenvalue weighted by Crippen LogP contribution is 2.36. The van der Waals surface area contributed by atoms with Crippen LogP contribution in [0.3, 0.4) is 0 Å². The number of urea groups is 1. The Morgan fingerprint density at radius 2 is 2.05 bits per heavy atom. The molecule has 3 N–H and O–H groups in total. The van der Waals surface area contributed by atoms with Crippen LogP contribution in [0.15, 0.2) is 66.9 Å². The molecule has 0 spiro atoms. The van der Waals surface area contributed by atoms with Crippen molar-refractivity contribution in [1.29, 1.82) is 0 Å². The molecule has 42 heavy (non-hydrogen) atoms. The quantitative estimate of drug-likeness (QED) is 0.267. The third-order valence-corrected chi connectivity index (χ3v) is 7.25. The van der Waals surface area contributed by atoms with Gasteiger partial charge in [-0.2, -0.15) is 14.6 Å². The summed E-state index contributed by atoms with van der Waals surface area (Å²) < 4.78 is 26.6. The first-order chi connectivity index (χ1) is 20.5. The van der Waals surface area contributed by atoms with Crippen molar-refractivity contribution < 1.29 is 23.5 Å². The number of amides is 2. The molecule has 2 atom stereocenters. The summed E-state index contributed by atoms with van der Waals surface area (Å²) in [7, 11) is 1.61. The van der Waals surface area contributed by atoms with Gasteiger partial charge in [-0.05, 0) is 55.0 Å². The van der Waals surface area contributed by atoms with Crippen LogP contribution < -0.4 is 20.7 Å². The summed E-state index contributed by atoms with van der Waals surface area (Å²) >= 11 is 0. The van der Waals surface area contributed by atoms with Crippen LogP contribution in [-0.4, -0.2) is 71.9 Å². The van der Waals surface area contributed by atoms with Crippen LogP contribution in [0.2, 0.25) is 0 Å². The largest absolute Gasteiger partial charge is 0.490 e. The summed E-state index contributed by atoms with van der Waals surface area (Å²) in [5.74, 6) is 0.704. The third kappa shape index (κ3) is 5.77. The third-order valence-electron chi connectivity index (χ3n) is 7.25. The number of fused-ring (bicyclic) bond motifs is 1. The number of aromatic nitrogens is 3. The van der Waals surface area contributed by atoms with Gasteiger partial charge in [-0.15, -0.1) is 0 Å². The summed E-state index contributed by atoms with van der Waals surface area (Å²) in [5, 5.41) is 16.0. The van der Waals surface area contributed by atoms with Crippen molar-refractivity contribution in [3.63, 3.8) is 0 Å². The second kappa shape index (κ2) is 12.1. The highest BCUT2D eigenvalue weighted by molar-refractivity contribution is 5.91. The van der Waals surface area contributed by atoms with Crippen LogP contribution in [0.25, 0.3) is 16.9 Å². The second-order valence-corrected chi connectivity index (χ2v) is 10.1. The molecule has 2 aliphatic heterocycles. The number of hydrogen-bond acceptors (Lipinski definition) is 8. The Morgan fingerprint density at radius 3 is 2.86 bits per heavy atom. The Balaban J connectivity index is 1.29. The molecule has 218 valence electrons. The van der Waals surface area contributed by atoms with E-state index >= 15 is 0 Å². The van der Waals surface area contributed by atoms with Crippen LogP contribution in [0, 0.1) is 12.9 Å². The Morgan fingerprint density at radius 1 is 1.19 bits per heavy atom. The Bertz CT molecular complexity index is 1560. The van der Waals surface area contributed by atoms with Gasteiger partial charge < -0.3 is 20.1 Å². The van der Waals surface area contributed by atoms with Gasteiger partial charge in [-0.1, -0.05) is 18.2 Å². The average Bonchev–Trinajstić information content (AvgIpc) is 3.56. The number of pyridine rings is 1. The van der Waals surface area contributed by atoms with Crippen LogP contribution in [0.4, 0.5) is 20.7 Å². The van der Waals surface area contributed by atoms with Crippen molar-refractivity contribution in [3.8, 4) is 22.7 Å². The number of para-hydroxylation sites is 1. The lowest BCUT2D eigenvalue weighted by Gasteiger charge is -2.19. The van der Waals surface area contributed by atoms with Gasteiger partial charge in [-0.3, -0.25) is 10.2 Å². The van der Waals surface area contributed by atoms with E-state index in [2.05, 4.69) is 20.9 Å². The number of nitrogens with zero attached hydrogens (tertiary/aromatic N) is 4. The monoisotopic (exact) mass is 573 g/mol. The van der Waals surface area contributed by atoms with E-state index in [0.717, 1.165) is 40.5 Å². The lowest BCUT2D eigenvalue weighted by atomic mass is 10.0. The molecule has 0 unspecified atom stereocenters. The number of halogens is 1. The van der Waals surface area contributed by atoms with Crippen molar-refractivity contribution in [2.75, 3.05) is 50.6 Å². The molecule has 0 bridgehead atoms. The van der Waals surface area contributed by atoms with Crippen molar-refractivity contribution in [2.24, 2.45) is 0 Å². The van der Waals surface area contributed by atoms with Gasteiger partial charge >= 0.3 is 6.03 Å². The zero-order valence-electron chi connectivity index (χ0n) is 23.3. The smallest absolute Gasteiger partial charge is 0.320 e. The molecule has 6 rings (SSSR count). The maximum absolute atomic E-state index is 14.0. The van der Waals surface area contributed by atoms with E-state index in [1.165, 1.54) is 12.3 Å². The molecule has 2 aliphatic rings. The zero-order chi connectivity index (χ0) is 29.1. The van der Waals surface area contributed by atoms with Gasteiger partial charge in [0.2, 0.25) is 5.95 Å². The number of nitrogens with one attached hydrogen (secondary N) is 3. The molecule has 11 nitrogen and oxygen atoms in total. The summed E-state index contributed by atoms with van der Waals surface area (Å²) in [6.45, 7) is 4.58. The normalized spacial score (nSPS) is 18.2. The summed E-state index contributed by atoms with van der Waals surface area (Å²) in [4.78, 5) is 23.3. The molecule has 0 saturated carbocycles. The molecule has 1 fully saturated rings. The van der Waals surface area contributed by atoms with E-state index in [4.69, 9.17) is 19.4 Å². The van der Waals surface area contributed by atoms with E-state index in [9.17, 15) is 9.18 Å². The van der Waals surface area contributed by atoms with Crippen LogP contribution in [0.1, 0.15) is 17.2 Å². The standard InChI is InChI=1S/C30H32FN7O4/c1-19-27(20-8-9-25-23(16-20)32-12-14-41-25)36-38(22-6-4-3-5-7-22)29(19)35-30(39)34-24-18-37(13-15-40-2)42-28(24)21-10-11-33-26(31)17-21/h3-11,16-17,24,28,32H,12-15,18H2,1-2H3,(H2,34,35,39)/t24-,28+/m1/s1. The van der Waals surface area contributed by atoms with Gasteiger partial charge in [0.25, 0.3) is 0 Å². The van der Waals surface area contributed by atoms with Crippen LogP contribution in [-0.2, 0) is 9.57 Å². The van der Waals surface area contributed by atoms with E-state index < -0.39 is 24.1 Å². The van der Waals surface area contributed by atoms with Gasteiger partial charge in [0.15, 0.2) is 0 Å². The van der Waals surface area contributed by atoms with Gasteiger partial charge in [0, 0.05) is 44.1 Å². The number of benzene rings is 2. The molecule has 4 aromatic rings. The molecule has 4 heterocycles. The van der Waals surface area contributed by atoms with Crippen LogP contribution >= 0.6 is 0 Å². The molecule has 12 heteroatoms. The molecule has 2 aromatic heterocycles. The molecule has 0 aliphatic carbocycles. The van der Waals surface area contributed by atoms with Crippen molar-refractivity contribution in [2.45, 2.75) is 19.1 Å². The number of carbonyl (C=O) groups is 1. The van der Waals surface area contributed by atoms with Crippen molar-refractivity contribution in [1.82, 2.24) is 25.1 Å². The number of hydrogen-bond donors (Lipinski definition) is 3. The minimum atomic E-state index is -0.617. The topological polar surface area (TPSA) is 115 Å². The summed E-state index contributed by atoms with van der Waals surface area (Å²) in [5.41, 5.74) is 4.68. The highest BCUT2D eigenvalue weighted by Gasteiger charge is 2.37. The SMILES string of the molecule is COCCN1C[C@@H](NC(=O)Nc2c(C)c(-c3ccc4c(c3)NCCO4)nn2-c2ccccc2)[C@H](c2ccnc(F)c2)O1. The summed E-state index contributed by atoms with van der Waals surface area (Å²) in [6.07, 6.45) is 0.778. The molecule has 2 amide bonds. The average molecular weight is 574 g/mol. The summed E-state index contributed by atoms with van der Waals surface area (Å²) in [6, 6.07) is 17.6. The number of anilines is 2. The highest BCUT2D eigenvalue weighted by atomic mass is 19.1. The molecule has 0 radical (unpaired) electrons. The number of rotatable bonds is 8. The minimum absolute atomic E-state index is 0.387. The zero-order valence-corrected chi connectivity index (χ0v) is 23.3. The number of hydroxylamine groups is 2. The predicted octanol–water partition coefficient (Wildman–Crippen LogP) is 4.31. The minimum Gasteiger partial charge on any atom is -0.490 e. The van der Waals surface area contributed by atoms with E-state index in [1.54, 1.807) is 22.9 Å². The first-order valence-corrected chi connectivity index (χ1v) is 13.8. The van der Waals surface area contributed by atoms with E-state index in [1.807, 2.05) is 55.5 Å². The van der Waals surface area contributed by atoms with Crippen LogP contribution in [0.5, 0.6) is 5.75 Å². The number of ether oxygens (including phenoxy) is 2. The van der Waals surface area contributed by atoms with Gasteiger partial charge in [-0.25, -0.2) is 14.5 Å². The fourth-order valence-corrected chi connectivity index (χ4v) is 5.21. The maximum atomic E-state index is 14.0. The Kier molecular flexibility index (Phi) is 8.00. The lowest BCUT2D eigenvalue weighted by molar-refractivity contribution is -0.154. The number of carbonyl (C=O) groups excluding carboxylic acids is 1.